The summed E-state index contributed by atoms with van der Waals surface area (Å²) in [5.41, 5.74) is 4.98. The largest absolute Gasteiger partial charge is 0.378 e. The summed E-state index contributed by atoms with van der Waals surface area (Å²) in [6.45, 7) is 10.6. The van der Waals surface area contributed by atoms with Gasteiger partial charge in [0.25, 0.3) is 5.91 Å². The highest BCUT2D eigenvalue weighted by Gasteiger charge is 2.35. The van der Waals surface area contributed by atoms with Crippen LogP contribution in [0.5, 0.6) is 0 Å². The molecule has 28 heavy (non-hydrogen) atoms. The molecule has 0 bridgehead atoms. The average Bonchev–Trinajstić information content (AvgIpc) is 3.42. The Balaban J connectivity index is 1.53. The van der Waals surface area contributed by atoms with Crippen LogP contribution in [0.4, 0.5) is 0 Å². The average molecular weight is 383 g/mol. The van der Waals surface area contributed by atoms with Crippen LogP contribution in [0.25, 0.3) is 11.1 Å². The van der Waals surface area contributed by atoms with E-state index >= 15 is 0 Å². The van der Waals surface area contributed by atoms with Crippen LogP contribution in [0.3, 0.4) is 0 Å². The number of rotatable bonds is 5. The molecule has 2 aliphatic rings. The van der Waals surface area contributed by atoms with Crippen molar-refractivity contribution in [2.45, 2.75) is 52.2 Å². The molecule has 4 rings (SSSR count). The number of hydrogen-bond acceptors (Lipinski definition) is 4. The Morgan fingerprint density at radius 2 is 2.04 bits per heavy atom. The van der Waals surface area contributed by atoms with Gasteiger partial charge in [0, 0.05) is 23.4 Å². The van der Waals surface area contributed by atoms with E-state index in [1.807, 2.05) is 29.8 Å². The van der Waals surface area contributed by atoms with Gasteiger partial charge in [0.2, 0.25) is 0 Å². The second-order valence-corrected chi connectivity index (χ2v) is 7.87. The summed E-state index contributed by atoms with van der Waals surface area (Å²) in [5, 5.41) is 7.83. The fraction of sp³-hybridized carbons (Fsp3) is 0.545. The van der Waals surface area contributed by atoms with E-state index in [1.54, 1.807) is 0 Å². The Bertz CT molecular complexity index is 854. The third kappa shape index (κ3) is 3.59. The third-order valence-electron chi connectivity index (χ3n) is 6.07. The van der Waals surface area contributed by atoms with Gasteiger partial charge >= 0.3 is 0 Å². The van der Waals surface area contributed by atoms with Crippen LogP contribution in [0, 0.1) is 13.8 Å². The van der Waals surface area contributed by atoms with Gasteiger partial charge in [-0.15, -0.1) is 0 Å². The van der Waals surface area contributed by atoms with Gasteiger partial charge in [-0.05, 0) is 64.4 Å². The number of carbonyl (C=O) groups is 1. The van der Waals surface area contributed by atoms with Gasteiger partial charge in [0.15, 0.2) is 0 Å². The highest BCUT2D eigenvalue weighted by atomic mass is 16.5. The first-order valence-corrected chi connectivity index (χ1v) is 10.4. The van der Waals surface area contributed by atoms with Crippen LogP contribution in [-0.2, 0) is 11.3 Å². The zero-order chi connectivity index (χ0) is 19.7. The number of hydrogen-bond donors (Lipinski definition) is 1. The molecule has 6 heteroatoms. The van der Waals surface area contributed by atoms with E-state index in [0.29, 0.717) is 24.8 Å². The molecule has 2 aliphatic heterocycles. The molecule has 2 unspecified atom stereocenters. The predicted octanol–water partition coefficient (Wildman–Crippen LogP) is 2.78. The number of amides is 1. The first-order chi connectivity index (χ1) is 13.6. The highest BCUT2D eigenvalue weighted by Crippen LogP contribution is 2.28. The Morgan fingerprint density at radius 3 is 2.75 bits per heavy atom. The van der Waals surface area contributed by atoms with Crippen molar-refractivity contribution in [1.82, 2.24) is 20.0 Å². The predicted molar refractivity (Wildman–Crippen MR) is 109 cm³/mol. The molecule has 1 aromatic heterocycles. The Hall–Kier alpha value is -2.18. The van der Waals surface area contributed by atoms with Crippen LogP contribution in [0.1, 0.15) is 41.5 Å². The first kappa shape index (κ1) is 19.2. The molecule has 0 saturated carbocycles. The monoisotopic (exact) mass is 382 g/mol. The summed E-state index contributed by atoms with van der Waals surface area (Å²) >= 11 is 0. The zero-order valence-electron chi connectivity index (χ0n) is 17.1. The van der Waals surface area contributed by atoms with Crippen LogP contribution >= 0.6 is 0 Å². The van der Waals surface area contributed by atoms with Crippen molar-refractivity contribution < 1.29 is 9.53 Å². The third-order valence-corrected chi connectivity index (χ3v) is 6.07. The molecule has 6 nitrogen and oxygen atoms in total. The standard InChI is InChI=1S/C22H30N4O2/c1-4-26-16(3)21(15(2)24-26)17-8-7-9-18(12-17)22(27)23-19-13-28-14-20(19)25-10-5-6-11-25/h7-9,12,19-20H,4-6,10-11,13-14H2,1-3H3,(H,23,27). The van der Waals surface area contributed by atoms with Gasteiger partial charge in [0.1, 0.15) is 0 Å². The second-order valence-electron chi connectivity index (χ2n) is 7.87. The van der Waals surface area contributed by atoms with Crippen molar-refractivity contribution in [2.75, 3.05) is 26.3 Å². The van der Waals surface area contributed by atoms with Crippen LogP contribution in [0.2, 0.25) is 0 Å². The lowest BCUT2D eigenvalue weighted by atomic mass is 10.0. The van der Waals surface area contributed by atoms with Crippen molar-refractivity contribution in [1.29, 1.82) is 0 Å². The molecule has 2 aromatic rings. The Kier molecular flexibility index (Phi) is 5.51. The molecular weight excluding hydrogens is 352 g/mol. The maximum Gasteiger partial charge on any atom is 0.251 e. The van der Waals surface area contributed by atoms with Gasteiger partial charge < -0.3 is 10.1 Å². The van der Waals surface area contributed by atoms with Crippen LogP contribution in [-0.4, -0.2) is 59.0 Å². The molecule has 1 aromatic carbocycles. The first-order valence-electron chi connectivity index (χ1n) is 10.4. The molecule has 0 aliphatic carbocycles. The molecule has 1 amide bonds. The molecule has 1 N–H and O–H groups in total. The van der Waals surface area contributed by atoms with E-state index in [1.165, 1.54) is 12.8 Å². The lowest BCUT2D eigenvalue weighted by Crippen LogP contribution is -2.50. The quantitative estimate of drug-likeness (QED) is 0.864. The number of nitrogens with zero attached hydrogens (tertiary/aromatic N) is 3. The van der Waals surface area contributed by atoms with Gasteiger partial charge in [0.05, 0.1) is 31.0 Å². The van der Waals surface area contributed by atoms with E-state index in [0.717, 1.165) is 42.1 Å². The van der Waals surface area contributed by atoms with Crippen molar-refractivity contribution in [3.05, 3.63) is 41.2 Å². The topological polar surface area (TPSA) is 59.4 Å². The van der Waals surface area contributed by atoms with E-state index in [4.69, 9.17) is 4.74 Å². The molecule has 2 atom stereocenters. The smallest absolute Gasteiger partial charge is 0.251 e. The van der Waals surface area contributed by atoms with E-state index < -0.39 is 0 Å². The molecular formula is C22H30N4O2. The minimum absolute atomic E-state index is 0.0280. The summed E-state index contributed by atoms with van der Waals surface area (Å²) in [6, 6.07) is 8.22. The van der Waals surface area contributed by atoms with Crippen LogP contribution < -0.4 is 5.32 Å². The zero-order valence-corrected chi connectivity index (χ0v) is 17.1. The van der Waals surface area contributed by atoms with Gasteiger partial charge in [-0.1, -0.05) is 12.1 Å². The molecule has 2 saturated heterocycles. The summed E-state index contributed by atoms with van der Waals surface area (Å²) < 4.78 is 7.70. The number of benzene rings is 1. The number of aromatic nitrogens is 2. The van der Waals surface area contributed by atoms with E-state index in [9.17, 15) is 4.79 Å². The van der Waals surface area contributed by atoms with Crippen LogP contribution in [0.15, 0.2) is 24.3 Å². The second kappa shape index (κ2) is 8.05. The molecule has 3 heterocycles. The summed E-state index contributed by atoms with van der Waals surface area (Å²) in [7, 11) is 0. The molecule has 2 fully saturated rings. The Morgan fingerprint density at radius 1 is 1.25 bits per heavy atom. The fourth-order valence-electron chi connectivity index (χ4n) is 4.60. The van der Waals surface area contributed by atoms with Gasteiger partial charge in [-0.25, -0.2) is 0 Å². The maximum atomic E-state index is 13.0. The number of aryl methyl sites for hydroxylation is 2. The molecule has 0 spiro atoms. The normalized spacial score (nSPS) is 22.7. The maximum absolute atomic E-state index is 13.0. The summed E-state index contributed by atoms with van der Waals surface area (Å²) in [5.74, 6) is -0.0280. The van der Waals surface area contributed by atoms with Crippen molar-refractivity contribution >= 4 is 5.91 Å². The number of nitrogens with one attached hydrogen (secondary N) is 1. The van der Waals surface area contributed by atoms with Crippen molar-refractivity contribution in [3.8, 4) is 11.1 Å². The number of ether oxygens (including phenoxy) is 1. The molecule has 0 radical (unpaired) electrons. The lowest BCUT2D eigenvalue weighted by Gasteiger charge is -2.28. The van der Waals surface area contributed by atoms with Crippen molar-refractivity contribution in [2.24, 2.45) is 0 Å². The lowest BCUT2D eigenvalue weighted by molar-refractivity contribution is 0.0916. The summed E-state index contributed by atoms with van der Waals surface area (Å²) in [4.78, 5) is 15.4. The fourth-order valence-corrected chi connectivity index (χ4v) is 4.60. The van der Waals surface area contributed by atoms with E-state index in [-0.39, 0.29) is 11.9 Å². The Labute approximate surface area is 166 Å². The minimum atomic E-state index is -0.0280. The number of likely N-dealkylation sites (tertiary alicyclic amines) is 1. The van der Waals surface area contributed by atoms with E-state index in [2.05, 4.69) is 35.2 Å². The SMILES string of the molecule is CCn1nc(C)c(-c2cccc(C(=O)NC3COCC3N3CCCC3)c2)c1C. The number of carbonyl (C=O) groups excluding carboxylic acids is 1. The summed E-state index contributed by atoms with van der Waals surface area (Å²) in [6.07, 6.45) is 2.48. The van der Waals surface area contributed by atoms with Gasteiger partial charge in [-0.3, -0.25) is 14.4 Å². The van der Waals surface area contributed by atoms with Gasteiger partial charge in [-0.2, -0.15) is 5.10 Å². The molecule has 150 valence electrons. The van der Waals surface area contributed by atoms with Crippen molar-refractivity contribution in [3.63, 3.8) is 0 Å². The highest BCUT2D eigenvalue weighted by molar-refractivity contribution is 5.95. The minimum Gasteiger partial charge on any atom is -0.378 e.